The highest BCUT2D eigenvalue weighted by atomic mass is 35.5. The summed E-state index contributed by atoms with van der Waals surface area (Å²) in [4.78, 5) is 2.54. The Labute approximate surface area is 95.2 Å². The second-order valence-electron chi connectivity index (χ2n) is 4.43. The Hall–Kier alpha value is -0.730. The highest BCUT2D eigenvalue weighted by Gasteiger charge is 2.36. The van der Waals surface area contributed by atoms with Crippen LogP contribution in [0.2, 0.25) is 5.02 Å². The van der Waals surface area contributed by atoms with E-state index in [4.69, 9.17) is 11.6 Å². The molecule has 3 heteroatoms. The van der Waals surface area contributed by atoms with Gasteiger partial charge in [0.1, 0.15) is 0 Å². The number of piperazine rings is 1. The van der Waals surface area contributed by atoms with Crippen molar-refractivity contribution in [2.45, 2.75) is 24.9 Å². The number of hydrogen-bond donors (Lipinski definition) is 1. The molecule has 3 rings (SSSR count). The molecule has 2 fully saturated rings. The zero-order valence-electron chi connectivity index (χ0n) is 8.62. The second kappa shape index (κ2) is 3.69. The van der Waals surface area contributed by atoms with Crippen LogP contribution < -0.4 is 10.2 Å². The second-order valence-corrected chi connectivity index (χ2v) is 4.87. The van der Waals surface area contributed by atoms with Crippen LogP contribution in [0, 0.1) is 0 Å². The third-order valence-electron chi connectivity index (χ3n) is 3.49. The minimum absolute atomic E-state index is 0.669. The van der Waals surface area contributed by atoms with Crippen molar-refractivity contribution in [3.8, 4) is 0 Å². The maximum atomic E-state index is 6.04. The third-order valence-corrected chi connectivity index (χ3v) is 3.72. The van der Waals surface area contributed by atoms with Gasteiger partial charge in [-0.1, -0.05) is 17.7 Å². The van der Waals surface area contributed by atoms with E-state index in [1.807, 2.05) is 12.1 Å². The number of nitrogens with one attached hydrogen (secondary N) is 1. The molecule has 80 valence electrons. The van der Waals surface area contributed by atoms with Crippen LogP contribution in [-0.2, 0) is 0 Å². The third kappa shape index (κ3) is 1.62. The molecule has 1 N–H and O–H groups in total. The van der Waals surface area contributed by atoms with Crippen molar-refractivity contribution in [2.24, 2.45) is 0 Å². The Balaban J connectivity index is 1.93. The molecule has 1 aromatic rings. The summed E-state index contributed by atoms with van der Waals surface area (Å²) in [6.45, 7) is 2.23. The number of anilines is 1. The van der Waals surface area contributed by atoms with E-state index >= 15 is 0 Å². The van der Waals surface area contributed by atoms with Crippen molar-refractivity contribution < 1.29 is 0 Å². The average Bonchev–Trinajstić information content (AvgIpc) is 2.49. The molecule has 2 aliphatic heterocycles. The molecule has 2 atom stereocenters. The fourth-order valence-corrected chi connectivity index (χ4v) is 3.02. The molecule has 2 heterocycles. The van der Waals surface area contributed by atoms with E-state index in [9.17, 15) is 0 Å². The molecule has 2 bridgehead atoms. The molecule has 15 heavy (non-hydrogen) atoms. The summed E-state index contributed by atoms with van der Waals surface area (Å²) in [6.07, 6.45) is 2.62. The molecule has 2 saturated heterocycles. The number of halogens is 1. The van der Waals surface area contributed by atoms with E-state index in [-0.39, 0.29) is 0 Å². The maximum absolute atomic E-state index is 6.04. The Morgan fingerprint density at radius 1 is 1.20 bits per heavy atom. The van der Waals surface area contributed by atoms with E-state index in [2.05, 4.69) is 22.3 Å². The smallest absolute Gasteiger partial charge is 0.0426 e. The van der Waals surface area contributed by atoms with Gasteiger partial charge in [-0.25, -0.2) is 0 Å². The molecular weight excluding hydrogens is 208 g/mol. The first-order chi connectivity index (χ1) is 7.34. The summed E-state index contributed by atoms with van der Waals surface area (Å²) in [7, 11) is 0. The topological polar surface area (TPSA) is 15.3 Å². The van der Waals surface area contributed by atoms with Crippen LogP contribution in [0.4, 0.5) is 5.69 Å². The summed E-state index contributed by atoms with van der Waals surface area (Å²) in [6, 6.07) is 9.57. The lowest BCUT2D eigenvalue weighted by Gasteiger charge is -2.37. The summed E-state index contributed by atoms with van der Waals surface area (Å²) < 4.78 is 0. The molecule has 2 aliphatic rings. The van der Waals surface area contributed by atoms with Crippen molar-refractivity contribution in [1.29, 1.82) is 0 Å². The van der Waals surface area contributed by atoms with E-state index in [1.54, 1.807) is 0 Å². The summed E-state index contributed by atoms with van der Waals surface area (Å²) >= 11 is 6.04. The van der Waals surface area contributed by atoms with Gasteiger partial charge in [0, 0.05) is 35.9 Å². The molecule has 1 aromatic carbocycles. The fraction of sp³-hybridized carbons (Fsp3) is 0.500. The van der Waals surface area contributed by atoms with Crippen molar-refractivity contribution in [1.82, 2.24) is 5.32 Å². The summed E-state index contributed by atoms with van der Waals surface area (Å²) in [5, 5.41) is 4.32. The van der Waals surface area contributed by atoms with Gasteiger partial charge >= 0.3 is 0 Å². The van der Waals surface area contributed by atoms with Crippen molar-refractivity contribution in [3.63, 3.8) is 0 Å². The quantitative estimate of drug-likeness (QED) is 0.785. The predicted octanol–water partition coefficient (Wildman–Crippen LogP) is 2.28. The Kier molecular flexibility index (Phi) is 2.33. The van der Waals surface area contributed by atoms with Gasteiger partial charge in [0.05, 0.1) is 0 Å². The van der Waals surface area contributed by atoms with Gasteiger partial charge in [-0.05, 0) is 31.0 Å². The first kappa shape index (κ1) is 9.49. The fourth-order valence-electron chi connectivity index (χ4n) is 2.84. The average molecular weight is 223 g/mol. The zero-order chi connectivity index (χ0) is 10.3. The van der Waals surface area contributed by atoms with E-state index in [0.717, 1.165) is 18.1 Å². The van der Waals surface area contributed by atoms with Crippen LogP contribution in [0.3, 0.4) is 0 Å². The normalized spacial score (nSPS) is 29.5. The van der Waals surface area contributed by atoms with Crippen LogP contribution >= 0.6 is 11.6 Å². The number of fused-ring (bicyclic) bond motifs is 2. The first-order valence-corrected chi connectivity index (χ1v) is 5.97. The van der Waals surface area contributed by atoms with Gasteiger partial charge in [0.15, 0.2) is 0 Å². The Bertz CT molecular complexity index is 350. The van der Waals surface area contributed by atoms with E-state index < -0.39 is 0 Å². The van der Waals surface area contributed by atoms with Gasteiger partial charge in [-0.15, -0.1) is 0 Å². The molecule has 0 aliphatic carbocycles. The minimum atomic E-state index is 0.669. The Morgan fingerprint density at radius 2 is 1.93 bits per heavy atom. The van der Waals surface area contributed by atoms with Crippen LogP contribution in [0.15, 0.2) is 24.3 Å². The molecule has 0 radical (unpaired) electrons. The standard InChI is InChI=1S/C12H15ClN2/c13-9-2-1-3-10(6-9)15-11-4-5-12(15)8-14-7-11/h1-3,6,11-12,14H,4-5,7-8H2. The lowest BCUT2D eigenvalue weighted by atomic mass is 10.2. The number of rotatable bonds is 1. The molecule has 2 nitrogen and oxygen atoms in total. The summed E-state index contributed by atoms with van der Waals surface area (Å²) in [5.74, 6) is 0. The van der Waals surface area contributed by atoms with Gasteiger partial charge < -0.3 is 10.2 Å². The zero-order valence-corrected chi connectivity index (χ0v) is 9.37. The van der Waals surface area contributed by atoms with Gasteiger partial charge in [0.2, 0.25) is 0 Å². The monoisotopic (exact) mass is 222 g/mol. The first-order valence-electron chi connectivity index (χ1n) is 5.59. The molecule has 0 amide bonds. The molecule has 2 unspecified atom stereocenters. The van der Waals surface area contributed by atoms with Gasteiger partial charge in [0.25, 0.3) is 0 Å². The lowest BCUT2D eigenvalue weighted by molar-refractivity contribution is 0.485. The summed E-state index contributed by atoms with van der Waals surface area (Å²) in [5.41, 5.74) is 1.29. The van der Waals surface area contributed by atoms with Crippen LogP contribution in [0.5, 0.6) is 0 Å². The van der Waals surface area contributed by atoms with Crippen molar-refractivity contribution in [2.75, 3.05) is 18.0 Å². The minimum Gasteiger partial charge on any atom is -0.363 e. The molecule has 0 saturated carbocycles. The highest BCUT2D eigenvalue weighted by Crippen LogP contribution is 2.33. The van der Waals surface area contributed by atoms with Crippen molar-refractivity contribution >= 4 is 17.3 Å². The molecular formula is C12H15ClN2. The van der Waals surface area contributed by atoms with Crippen LogP contribution in [0.25, 0.3) is 0 Å². The van der Waals surface area contributed by atoms with Crippen LogP contribution in [-0.4, -0.2) is 25.2 Å². The molecule has 0 aromatic heterocycles. The Morgan fingerprint density at radius 3 is 2.60 bits per heavy atom. The number of benzene rings is 1. The van der Waals surface area contributed by atoms with E-state index in [1.165, 1.54) is 18.5 Å². The maximum Gasteiger partial charge on any atom is 0.0426 e. The van der Waals surface area contributed by atoms with E-state index in [0.29, 0.717) is 12.1 Å². The van der Waals surface area contributed by atoms with Crippen LogP contribution in [0.1, 0.15) is 12.8 Å². The molecule has 0 spiro atoms. The largest absolute Gasteiger partial charge is 0.363 e. The van der Waals surface area contributed by atoms with Gasteiger partial charge in [-0.2, -0.15) is 0 Å². The highest BCUT2D eigenvalue weighted by molar-refractivity contribution is 6.30. The number of hydrogen-bond acceptors (Lipinski definition) is 2. The SMILES string of the molecule is Clc1cccc(N2C3CCC2CNC3)c1. The van der Waals surface area contributed by atoms with Gasteiger partial charge in [-0.3, -0.25) is 0 Å². The van der Waals surface area contributed by atoms with Crippen molar-refractivity contribution in [3.05, 3.63) is 29.3 Å². The number of nitrogens with zero attached hydrogens (tertiary/aromatic N) is 1. The predicted molar refractivity (Wildman–Crippen MR) is 63.6 cm³/mol. The lowest BCUT2D eigenvalue weighted by Crippen LogP contribution is -2.51.